The van der Waals surface area contributed by atoms with Gasteiger partial charge in [-0.3, -0.25) is 19.9 Å². The number of nitrogen functional groups attached to an aromatic ring is 2. The van der Waals surface area contributed by atoms with E-state index in [0.29, 0.717) is 12.3 Å². The molecule has 0 aliphatic rings. The third kappa shape index (κ3) is 7.53. The average Bonchev–Trinajstić information content (AvgIpc) is 2.69. The number of carbonyl (C=O) groups is 2. The number of hydrogen-bond donors (Lipinski definition) is 4. The number of thioether (sulfide) groups is 1. The number of aryl methyl sites for hydroxylation is 1. The number of benzene rings is 1. The molecule has 0 aliphatic heterocycles. The molecule has 0 atom stereocenters. The number of Topliss-reactive ketones (excluding diaryl/α,β-unsaturated/α-hetero) is 1. The average molecular weight is 450 g/mol. The Kier molecular flexibility index (Phi) is 8.88. The zero-order chi connectivity index (χ0) is 22.1. The van der Waals surface area contributed by atoms with Crippen molar-refractivity contribution in [1.82, 2.24) is 15.3 Å². The smallest absolute Gasteiger partial charge is 0.280 e. The highest BCUT2D eigenvalue weighted by atomic mass is 35.5. The van der Waals surface area contributed by atoms with E-state index >= 15 is 0 Å². The molecule has 7 N–H and O–H groups in total. The molecule has 0 saturated heterocycles. The van der Waals surface area contributed by atoms with Crippen molar-refractivity contribution in [2.45, 2.75) is 31.1 Å². The molecule has 9 nitrogen and oxygen atoms in total. The first-order chi connectivity index (χ1) is 14.3. The number of hydrogen-bond acceptors (Lipinski definition) is 8. The van der Waals surface area contributed by atoms with Crippen LogP contribution in [0.15, 0.2) is 34.2 Å². The predicted octanol–water partition coefficient (Wildman–Crippen LogP) is 2.04. The van der Waals surface area contributed by atoms with Gasteiger partial charge < -0.3 is 17.2 Å². The molecular weight excluding hydrogens is 426 g/mol. The fourth-order valence-corrected chi connectivity index (χ4v) is 3.23. The minimum atomic E-state index is -0.661. The lowest BCUT2D eigenvalue weighted by molar-refractivity contribution is -0.114. The van der Waals surface area contributed by atoms with Crippen LogP contribution in [-0.4, -0.2) is 39.9 Å². The Bertz CT molecular complexity index is 935. The largest absolute Gasteiger partial charge is 0.382 e. The summed E-state index contributed by atoms with van der Waals surface area (Å²) in [5, 5.41) is 2.28. The van der Waals surface area contributed by atoms with Crippen LogP contribution in [-0.2, 0) is 11.2 Å². The van der Waals surface area contributed by atoms with Crippen molar-refractivity contribution in [1.29, 1.82) is 0 Å². The van der Waals surface area contributed by atoms with Gasteiger partial charge in [0.25, 0.3) is 5.91 Å². The third-order valence-electron chi connectivity index (χ3n) is 3.88. The van der Waals surface area contributed by atoms with Gasteiger partial charge in [0.1, 0.15) is 5.78 Å². The summed E-state index contributed by atoms with van der Waals surface area (Å²) in [6.45, 7) is 2.04. The molecule has 0 unspecified atom stereocenters. The molecule has 11 heteroatoms. The maximum atomic E-state index is 12.2. The first-order valence-corrected chi connectivity index (χ1v) is 10.5. The second-order valence-corrected chi connectivity index (χ2v) is 7.85. The molecule has 0 aliphatic carbocycles. The molecule has 0 fully saturated rings. The van der Waals surface area contributed by atoms with E-state index in [0.717, 1.165) is 24.2 Å². The first-order valence-electron chi connectivity index (χ1n) is 9.17. The first kappa shape index (κ1) is 23.4. The lowest BCUT2D eigenvalue weighted by Gasteiger charge is -2.07. The van der Waals surface area contributed by atoms with E-state index in [9.17, 15) is 9.59 Å². The summed E-state index contributed by atoms with van der Waals surface area (Å²) in [6, 6.07) is 8.16. The molecule has 0 bridgehead atoms. The summed E-state index contributed by atoms with van der Waals surface area (Å²) in [5.41, 5.74) is 17.9. The summed E-state index contributed by atoms with van der Waals surface area (Å²) in [6.07, 6.45) is 2.61. The SMILES string of the molecule is CC(=O)CSc1ccc(CCCCN=C(N)NC(=O)c2nc(Cl)c(N)nc2N)cc1. The van der Waals surface area contributed by atoms with Crippen molar-refractivity contribution in [2.24, 2.45) is 10.7 Å². The highest BCUT2D eigenvalue weighted by molar-refractivity contribution is 8.00. The number of aromatic nitrogens is 2. The molecule has 2 aromatic rings. The zero-order valence-corrected chi connectivity index (χ0v) is 18.1. The molecule has 1 amide bonds. The van der Waals surface area contributed by atoms with E-state index < -0.39 is 5.91 Å². The van der Waals surface area contributed by atoms with Gasteiger partial charge in [0.05, 0.1) is 5.75 Å². The van der Waals surface area contributed by atoms with Crippen molar-refractivity contribution >= 4 is 52.6 Å². The van der Waals surface area contributed by atoms with Crippen molar-refractivity contribution in [3.05, 3.63) is 40.7 Å². The van der Waals surface area contributed by atoms with Crippen LogP contribution in [0.5, 0.6) is 0 Å². The Labute approximate surface area is 183 Å². The van der Waals surface area contributed by atoms with Crippen LogP contribution in [0.3, 0.4) is 0 Å². The van der Waals surface area contributed by atoms with Gasteiger partial charge in [-0.15, -0.1) is 11.8 Å². The van der Waals surface area contributed by atoms with E-state index in [2.05, 4.69) is 32.4 Å². The van der Waals surface area contributed by atoms with Gasteiger partial charge in [-0.25, -0.2) is 9.97 Å². The van der Waals surface area contributed by atoms with E-state index in [4.69, 9.17) is 28.8 Å². The van der Waals surface area contributed by atoms with Crippen LogP contribution in [0.1, 0.15) is 35.8 Å². The van der Waals surface area contributed by atoms with Gasteiger partial charge in [0.2, 0.25) is 0 Å². The quantitative estimate of drug-likeness (QED) is 0.195. The number of nitrogens with zero attached hydrogens (tertiary/aromatic N) is 3. The van der Waals surface area contributed by atoms with Crippen LogP contribution in [0.25, 0.3) is 0 Å². The Morgan fingerprint density at radius 1 is 1.13 bits per heavy atom. The predicted molar refractivity (Wildman–Crippen MR) is 121 cm³/mol. The number of unbranched alkanes of at least 4 members (excludes halogenated alkanes) is 1. The highest BCUT2D eigenvalue weighted by Crippen LogP contribution is 2.19. The number of nitrogens with one attached hydrogen (secondary N) is 1. The maximum Gasteiger partial charge on any atom is 0.280 e. The van der Waals surface area contributed by atoms with E-state index in [-0.39, 0.29) is 34.2 Å². The fourth-order valence-electron chi connectivity index (χ4n) is 2.40. The van der Waals surface area contributed by atoms with E-state index in [1.165, 1.54) is 17.3 Å². The number of carbonyl (C=O) groups excluding carboxylic acids is 2. The van der Waals surface area contributed by atoms with Crippen LogP contribution < -0.4 is 22.5 Å². The van der Waals surface area contributed by atoms with Gasteiger partial charge in [-0.1, -0.05) is 23.7 Å². The zero-order valence-electron chi connectivity index (χ0n) is 16.5. The van der Waals surface area contributed by atoms with Gasteiger partial charge >= 0.3 is 0 Å². The number of rotatable bonds is 9. The van der Waals surface area contributed by atoms with Crippen molar-refractivity contribution in [3.63, 3.8) is 0 Å². The normalized spacial score (nSPS) is 11.3. The summed E-state index contributed by atoms with van der Waals surface area (Å²) >= 11 is 7.29. The molecule has 160 valence electrons. The minimum Gasteiger partial charge on any atom is -0.382 e. The Morgan fingerprint density at radius 2 is 1.83 bits per heavy atom. The van der Waals surface area contributed by atoms with Crippen LogP contribution in [0.4, 0.5) is 11.6 Å². The Morgan fingerprint density at radius 3 is 2.50 bits per heavy atom. The Balaban J connectivity index is 1.74. The maximum absolute atomic E-state index is 12.2. The lowest BCUT2D eigenvalue weighted by Crippen LogP contribution is -2.38. The molecule has 1 aromatic carbocycles. The molecule has 1 aromatic heterocycles. The van der Waals surface area contributed by atoms with Gasteiger partial charge in [0, 0.05) is 11.4 Å². The third-order valence-corrected chi connectivity index (χ3v) is 5.32. The highest BCUT2D eigenvalue weighted by Gasteiger charge is 2.16. The van der Waals surface area contributed by atoms with Gasteiger partial charge in [0.15, 0.2) is 28.4 Å². The summed E-state index contributed by atoms with van der Waals surface area (Å²) in [4.78, 5) is 35.9. The molecule has 30 heavy (non-hydrogen) atoms. The summed E-state index contributed by atoms with van der Waals surface area (Å²) < 4.78 is 0. The second kappa shape index (κ2) is 11.4. The van der Waals surface area contributed by atoms with Crippen LogP contribution in [0.2, 0.25) is 5.15 Å². The topological polar surface area (TPSA) is 162 Å². The summed E-state index contributed by atoms with van der Waals surface area (Å²) in [7, 11) is 0. The van der Waals surface area contributed by atoms with E-state index in [1.807, 2.05) is 12.1 Å². The number of anilines is 2. The molecule has 0 saturated carbocycles. The molecule has 2 rings (SSSR count). The monoisotopic (exact) mass is 449 g/mol. The Hall–Kier alpha value is -2.85. The minimum absolute atomic E-state index is 0.0407. The number of halogens is 1. The molecular formula is C19H24ClN7O2S. The number of aliphatic imine (C=N–C) groups is 1. The van der Waals surface area contributed by atoms with Crippen LogP contribution in [0, 0.1) is 0 Å². The van der Waals surface area contributed by atoms with Crippen molar-refractivity contribution in [2.75, 3.05) is 23.8 Å². The number of guanidine groups is 1. The molecule has 1 heterocycles. The molecule has 0 radical (unpaired) electrons. The van der Waals surface area contributed by atoms with Gasteiger partial charge in [-0.05, 0) is 43.9 Å². The van der Waals surface area contributed by atoms with Crippen molar-refractivity contribution in [3.8, 4) is 0 Å². The van der Waals surface area contributed by atoms with Crippen LogP contribution >= 0.6 is 23.4 Å². The number of amides is 1. The second-order valence-electron chi connectivity index (χ2n) is 6.45. The fraction of sp³-hybridized carbons (Fsp3) is 0.316. The lowest BCUT2D eigenvalue weighted by atomic mass is 10.1. The summed E-state index contributed by atoms with van der Waals surface area (Å²) in [5.74, 6) is -0.259. The van der Waals surface area contributed by atoms with Crippen molar-refractivity contribution < 1.29 is 9.59 Å². The van der Waals surface area contributed by atoms with E-state index in [1.54, 1.807) is 6.92 Å². The van der Waals surface area contributed by atoms with Gasteiger partial charge in [-0.2, -0.15) is 0 Å². The number of nitrogens with two attached hydrogens (primary N) is 3. The molecule has 0 spiro atoms. The standard InChI is InChI=1S/C19H24ClN7O2S/c1-11(28)10-30-13-7-5-12(6-8-13)4-2-3-9-24-19(23)27-18(29)14-16(21)26-17(22)15(20)25-14/h5-8H,2-4,9-10H2,1H3,(H4,21,22,26)(H3,23,24,27,29). The number of ketones is 1.